The van der Waals surface area contributed by atoms with Gasteiger partial charge in [0.05, 0.1) is 3.79 Å². The van der Waals surface area contributed by atoms with E-state index in [1.807, 2.05) is 11.3 Å². The Labute approximate surface area is 124 Å². The van der Waals surface area contributed by atoms with Crippen LogP contribution in [0.25, 0.3) is 0 Å². The SMILES string of the molecule is CCCN1CCC(CN)C1c1cc(Br)c(Br)s1. The Bertz CT molecular complexity index is 361. The summed E-state index contributed by atoms with van der Waals surface area (Å²) in [6, 6.07) is 2.77. The zero-order valence-corrected chi connectivity index (χ0v) is 13.9. The normalized spacial score (nSPS) is 25.6. The van der Waals surface area contributed by atoms with Gasteiger partial charge in [-0.05, 0) is 76.3 Å². The molecule has 1 saturated heterocycles. The second kappa shape index (κ2) is 6.15. The third kappa shape index (κ3) is 2.95. The molecule has 0 aromatic carbocycles. The summed E-state index contributed by atoms with van der Waals surface area (Å²) in [7, 11) is 0. The maximum Gasteiger partial charge on any atom is 0.0843 e. The molecule has 2 rings (SSSR count). The minimum absolute atomic E-state index is 0.521. The minimum atomic E-state index is 0.521. The first-order valence-electron chi connectivity index (χ1n) is 6.06. The number of thiophene rings is 1. The molecule has 0 amide bonds. The van der Waals surface area contributed by atoms with E-state index in [-0.39, 0.29) is 0 Å². The molecular formula is C12H18Br2N2S. The molecule has 0 bridgehead atoms. The lowest BCUT2D eigenvalue weighted by atomic mass is 9.99. The third-order valence-electron chi connectivity index (χ3n) is 3.40. The lowest BCUT2D eigenvalue weighted by molar-refractivity contribution is 0.234. The van der Waals surface area contributed by atoms with Gasteiger partial charge in [0.2, 0.25) is 0 Å². The summed E-state index contributed by atoms with van der Waals surface area (Å²) in [4.78, 5) is 4.02. The van der Waals surface area contributed by atoms with Gasteiger partial charge in [-0.3, -0.25) is 4.90 Å². The first kappa shape index (κ1) is 14.0. The van der Waals surface area contributed by atoms with Crippen molar-refractivity contribution in [3.05, 3.63) is 19.2 Å². The molecule has 2 heterocycles. The topological polar surface area (TPSA) is 29.3 Å². The van der Waals surface area contributed by atoms with Crippen LogP contribution >= 0.6 is 43.2 Å². The van der Waals surface area contributed by atoms with E-state index in [2.05, 4.69) is 49.7 Å². The van der Waals surface area contributed by atoms with Crippen molar-refractivity contribution in [2.45, 2.75) is 25.8 Å². The van der Waals surface area contributed by atoms with Crippen molar-refractivity contribution in [1.82, 2.24) is 4.90 Å². The molecule has 1 aromatic heterocycles. The van der Waals surface area contributed by atoms with E-state index in [1.165, 1.54) is 34.6 Å². The lowest BCUT2D eigenvalue weighted by Gasteiger charge is -2.26. The fourth-order valence-corrected chi connectivity index (χ4v) is 4.95. The smallest absolute Gasteiger partial charge is 0.0843 e. The van der Waals surface area contributed by atoms with Gasteiger partial charge in [-0.1, -0.05) is 6.92 Å². The molecule has 0 aliphatic carbocycles. The zero-order valence-electron chi connectivity index (χ0n) is 9.96. The summed E-state index contributed by atoms with van der Waals surface area (Å²) < 4.78 is 2.35. The lowest BCUT2D eigenvalue weighted by Crippen LogP contribution is -2.28. The van der Waals surface area contributed by atoms with Crippen molar-refractivity contribution in [2.24, 2.45) is 11.7 Å². The van der Waals surface area contributed by atoms with Gasteiger partial charge >= 0.3 is 0 Å². The average Bonchev–Trinajstić information content (AvgIpc) is 2.84. The van der Waals surface area contributed by atoms with E-state index < -0.39 is 0 Å². The van der Waals surface area contributed by atoms with Gasteiger partial charge in [0, 0.05) is 15.4 Å². The van der Waals surface area contributed by atoms with Crippen molar-refractivity contribution in [1.29, 1.82) is 0 Å². The van der Waals surface area contributed by atoms with Crippen LogP contribution < -0.4 is 5.73 Å². The summed E-state index contributed by atoms with van der Waals surface area (Å²) in [6.07, 6.45) is 2.44. The number of hydrogen-bond donors (Lipinski definition) is 1. The Morgan fingerprint density at radius 1 is 1.53 bits per heavy atom. The highest BCUT2D eigenvalue weighted by molar-refractivity contribution is 9.13. The predicted octanol–water partition coefficient (Wildman–Crippen LogP) is 4.00. The summed E-state index contributed by atoms with van der Waals surface area (Å²) in [5.74, 6) is 0.610. The van der Waals surface area contributed by atoms with E-state index in [1.54, 1.807) is 0 Å². The molecule has 96 valence electrons. The fourth-order valence-electron chi connectivity index (χ4n) is 2.63. The van der Waals surface area contributed by atoms with Crippen LogP contribution in [0.15, 0.2) is 14.3 Å². The van der Waals surface area contributed by atoms with Crippen molar-refractivity contribution in [3.8, 4) is 0 Å². The first-order chi connectivity index (χ1) is 8.17. The van der Waals surface area contributed by atoms with Gasteiger partial charge in [0.25, 0.3) is 0 Å². The molecule has 1 aliphatic heterocycles. The third-order valence-corrected chi connectivity index (χ3v) is 6.72. The summed E-state index contributed by atoms with van der Waals surface area (Å²) in [5.41, 5.74) is 5.92. The van der Waals surface area contributed by atoms with Crippen LogP contribution in [0.1, 0.15) is 30.7 Å². The van der Waals surface area contributed by atoms with Crippen LogP contribution in [0.4, 0.5) is 0 Å². The second-order valence-corrected chi connectivity index (χ2v) is 7.79. The molecule has 1 fully saturated rings. The fraction of sp³-hybridized carbons (Fsp3) is 0.667. The maximum absolute atomic E-state index is 5.92. The minimum Gasteiger partial charge on any atom is -0.330 e. The number of rotatable bonds is 4. The van der Waals surface area contributed by atoms with Gasteiger partial charge < -0.3 is 5.73 Å². The zero-order chi connectivity index (χ0) is 12.4. The Morgan fingerprint density at radius 2 is 2.29 bits per heavy atom. The molecule has 0 saturated carbocycles. The van der Waals surface area contributed by atoms with Crippen LogP contribution in [-0.4, -0.2) is 24.5 Å². The number of likely N-dealkylation sites (tertiary alicyclic amines) is 1. The summed E-state index contributed by atoms with van der Waals surface area (Å²) in [6.45, 7) is 5.40. The number of nitrogens with two attached hydrogens (primary N) is 1. The van der Waals surface area contributed by atoms with Crippen molar-refractivity contribution >= 4 is 43.2 Å². The van der Waals surface area contributed by atoms with Crippen molar-refractivity contribution < 1.29 is 0 Å². The molecular weight excluding hydrogens is 364 g/mol. The van der Waals surface area contributed by atoms with Crippen molar-refractivity contribution in [2.75, 3.05) is 19.6 Å². The standard InChI is InChI=1S/C12H18Br2N2S/c1-2-4-16-5-3-8(7-15)11(16)10-6-9(13)12(14)17-10/h6,8,11H,2-5,7,15H2,1H3. The van der Waals surface area contributed by atoms with Crippen LogP contribution in [-0.2, 0) is 0 Å². The molecule has 2 nitrogen and oxygen atoms in total. The van der Waals surface area contributed by atoms with Gasteiger partial charge in [0.15, 0.2) is 0 Å². The van der Waals surface area contributed by atoms with Crippen molar-refractivity contribution in [3.63, 3.8) is 0 Å². The van der Waals surface area contributed by atoms with E-state index in [0.29, 0.717) is 12.0 Å². The van der Waals surface area contributed by atoms with Crippen LogP contribution in [0.5, 0.6) is 0 Å². The highest BCUT2D eigenvalue weighted by Gasteiger charge is 2.35. The van der Waals surface area contributed by atoms with Gasteiger partial charge in [-0.2, -0.15) is 0 Å². The van der Waals surface area contributed by atoms with Crippen LogP contribution in [0, 0.1) is 5.92 Å². The highest BCUT2D eigenvalue weighted by atomic mass is 79.9. The highest BCUT2D eigenvalue weighted by Crippen LogP contribution is 2.43. The van der Waals surface area contributed by atoms with E-state index in [4.69, 9.17) is 5.73 Å². The predicted molar refractivity (Wildman–Crippen MR) is 81.5 cm³/mol. The molecule has 5 heteroatoms. The molecule has 2 N–H and O–H groups in total. The summed E-state index contributed by atoms with van der Waals surface area (Å²) >= 11 is 9.00. The molecule has 1 aliphatic rings. The quantitative estimate of drug-likeness (QED) is 0.853. The molecule has 0 radical (unpaired) electrons. The van der Waals surface area contributed by atoms with Gasteiger partial charge in [-0.25, -0.2) is 0 Å². The second-order valence-electron chi connectivity index (χ2n) is 4.54. The van der Waals surface area contributed by atoms with Crippen LogP contribution in [0.2, 0.25) is 0 Å². The largest absolute Gasteiger partial charge is 0.330 e. The van der Waals surface area contributed by atoms with E-state index in [0.717, 1.165) is 11.0 Å². The van der Waals surface area contributed by atoms with Gasteiger partial charge in [0.1, 0.15) is 0 Å². The molecule has 2 atom stereocenters. The molecule has 1 aromatic rings. The Morgan fingerprint density at radius 3 is 2.82 bits per heavy atom. The Balaban J connectivity index is 2.24. The molecule has 17 heavy (non-hydrogen) atoms. The average molecular weight is 382 g/mol. The number of hydrogen-bond acceptors (Lipinski definition) is 3. The maximum atomic E-state index is 5.92. The number of nitrogens with zero attached hydrogens (tertiary/aromatic N) is 1. The monoisotopic (exact) mass is 380 g/mol. The van der Waals surface area contributed by atoms with Crippen LogP contribution in [0.3, 0.4) is 0 Å². The van der Waals surface area contributed by atoms with E-state index >= 15 is 0 Å². The van der Waals surface area contributed by atoms with Gasteiger partial charge in [-0.15, -0.1) is 11.3 Å². The molecule has 0 spiro atoms. The Kier molecular flexibility index (Phi) is 5.06. The first-order valence-corrected chi connectivity index (χ1v) is 8.46. The van der Waals surface area contributed by atoms with E-state index in [9.17, 15) is 0 Å². The number of halogens is 2. The Hall–Kier alpha value is 0.580. The molecule has 2 unspecified atom stereocenters. The summed E-state index contributed by atoms with van der Waals surface area (Å²) in [5, 5.41) is 0.